The van der Waals surface area contributed by atoms with Crippen LogP contribution < -0.4 is 27.0 Å². The second-order valence-electron chi connectivity index (χ2n) is 18.9. The minimum atomic E-state index is -2.87. The van der Waals surface area contributed by atoms with Crippen LogP contribution in [0.15, 0.2) is 97.1 Å². The standard InChI is InChI=1S/C25H25ClF3N3O4.C7H5ClO.C7H11NO4.C6H6FN.C5H9NO2.C4H7F2N.C2H3ClO2/c1-36-24(35)31-11-5-10-20(31)23(34)32(17-7-4-6-15(27)12-17)21(18-8-2-3-9-19(18)26)22(33)30-16-13-25(28,29)14-16;8-7-4-2-1-3-6(7)5-9;1-11-7(10)8-4-2-3-6(8)12-5-9;7-5-2-1-3-6(8)4-5;7-4-8-5-2-1-3-6-5;5-4(6)1-3(7)2-4;1-5-2(3)4/h2-4,6-9,12,16,20-21H,5,10-11,13-14H2,1H3,(H,30,33);1-5H;5-6H,2-4H2,1H3;1-4H,8H2;4-6H,1-3H2;3H,1-2,7H2;1H3/t20-,21-;;6-;;5-;;/m0.1.1../s1. The van der Waals surface area contributed by atoms with Gasteiger partial charge in [0.05, 0.1) is 26.4 Å². The van der Waals surface area contributed by atoms with E-state index in [1.807, 2.05) is 0 Å². The van der Waals surface area contributed by atoms with E-state index in [-0.39, 0.29) is 53.7 Å². The van der Waals surface area contributed by atoms with E-state index in [2.05, 4.69) is 41.2 Å². The third kappa shape index (κ3) is 24.6. The van der Waals surface area contributed by atoms with Crippen molar-refractivity contribution >= 4 is 94.8 Å². The molecule has 6 N–H and O–H groups in total. The summed E-state index contributed by atoms with van der Waals surface area (Å²) in [6, 6.07) is 20.8. The lowest BCUT2D eigenvalue weighted by Crippen LogP contribution is -2.56. The summed E-state index contributed by atoms with van der Waals surface area (Å²) in [5.41, 5.74) is 10.8. The fraction of sp³-hybridized carbons (Fsp3) is 0.429. The van der Waals surface area contributed by atoms with Crippen LogP contribution in [0.2, 0.25) is 10.0 Å². The number of likely N-dealkylation sites (tertiary alicyclic amines) is 2. The van der Waals surface area contributed by atoms with E-state index in [1.54, 1.807) is 48.5 Å². The minimum absolute atomic E-state index is 0.00694. The molecule has 9 rings (SSSR count). The monoisotopic (exact) mass is 1260 g/mol. The van der Waals surface area contributed by atoms with Crippen molar-refractivity contribution in [3.63, 3.8) is 0 Å². The second-order valence-corrected chi connectivity index (χ2v) is 20.0. The molecule has 3 saturated heterocycles. The molecule has 5 aliphatic rings. The van der Waals surface area contributed by atoms with Gasteiger partial charge < -0.3 is 40.5 Å². The molecule has 2 aliphatic carbocycles. The number of nitrogen functional groups attached to an aromatic ring is 1. The molecule has 0 unspecified atom stereocenters. The lowest BCUT2D eigenvalue weighted by Gasteiger charge is -2.39. The van der Waals surface area contributed by atoms with E-state index in [0.29, 0.717) is 55.0 Å². The normalized spacial score (nSPS) is 18.8. The first kappa shape index (κ1) is 71.9. The number of carbonyl (C=O) groups excluding carboxylic acids is 8. The Morgan fingerprint density at radius 2 is 1.26 bits per heavy atom. The molecule has 4 aromatic carbocycles. The smallest absolute Gasteiger partial charge is 0.412 e. The summed E-state index contributed by atoms with van der Waals surface area (Å²) in [4.78, 5) is 93.9. The highest BCUT2D eigenvalue weighted by molar-refractivity contribution is 6.61. The van der Waals surface area contributed by atoms with Crippen LogP contribution in [-0.2, 0) is 42.9 Å². The summed E-state index contributed by atoms with van der Waals surface area (Å²) in [7, 11) is 3.72. The Morgan fingerprint density at radius 3 is 1.72 bits per heavy atom. The molecule has 20 nitrogen and oxygen atoms in total. The molecule has 0 spiro atoms. The summed E-state index contributed by atoms with van der Waals surface area (Å²) < 4.78 is 99.2. The third-order valence-corrected chi connectivity index (χ3v) is 13.5. The molecule has 3 heterocycles. The van der Waals surface area contributed by atoms with Crippen molar-refractivity contribution in [1.29, 1.82) is 0 Å². The van der Waals surface area contributed by atoms with Crippen molar-refractivity contribution in [2.75, 3.05) is 51.6 Å². The molecule has 4 aromatic rings. The van der Waals surface area contributed by atoms with E-state index in [4.69, 9.17) is 39.4 Å². The molecular formula is C56H66Cl3F6N7O13. The van der Waals surface area contributed by atoms with Crippen molar-refractivity contribution in [2.45, 2.75) is 113 Å². The van der Waals surface area contributed by atoms with E-state index in [9.17, 15) is 64.7 Å². The van der Waals surface area contributed by atoms with Crippen LogP contribution in [0.25, 0.3) is 0 Å². The molecule has 85 heavy (non-hydrogen) atoms. The quantitative estimate of drug-likeness (QED) is 0.0357. The molecule has 3 aliphatic heterocycles. The van der Waals surface area contributed by atoms with E-state index in [1.165, 1.54) is 73.6 Å². The SMILES string of the molecule is COC(=O)Cl.COC(=O)N1CCC[C@H]1C(=O)N(c1cccc(F)c1)[C@H](C(=O)NC1CC(F)(F)C1)c1ccccc1Cl.COC(=O)N1CCC[C@H]1OC=O.NC1CC(F)(F)C1.Nc1cccc(F)c1.O=CO[C@@H]1CCCN1.O=Cc1ccccc1Cl. The van der Waals surface area contributed by atoms with Crippen LogP contribution in [0.3, 0.4) is 0 Å². The van der Waals surface area contributed by atoms with Crippen molar-refractivity contribution < 1.29 is 88.4 Å². The molecular weight excluding hydrogens is 1200 g/mol. The predicted molar refractivity (Wildman–Crippen MR) is 302 cm³/mol. The van der Waals surface area contributed by atoms with Gasteiger partial charge in [-0.1, -0.05) is 71.7 Å². The number of ether oxygens (including phenoxy) is 5. The Hall–Kier alpha value is -7.39. The molecule has 4 amide bonds. The van der Waals surface area contributed by atoms with Crippen LogP contribution in [0, 0.1) is 11.6 Å². The summed E-state index contributed by atoms with van der Waals surface area (Å²) in [6.07, 6.45) is 2.26. The summed E-state index contributed by atoms with van der Waals surface area (Å²) in [5, 5.41) is 6.25. The van der Waals surface area contributed by atoms with Gasteiger partial charge >= 0.3 is 17.6 Å². The zero-order valence-electron chi connectivity index (χ0n) is 46.3. The molecule has 5 fully saturated rings. The summed E-state index contributed by atoms with van der Waals surface area (Å²) >= 11 is 16.6. The Morgan fingerprint density at radius 1 is 0.706 bits per heavy atom. The van der Waals surface area contributed by atoms with Crippen LogP contribution >= 0.6 is 34.8 Å². The van der Waals surface area contributed by atoms with Gasteiger partial charge in [-0.15, -0.1) is 0 Å². The zero-order chi connectivity index (χ0) is 63.3. The highest BCUT2D eigenvalue weighted by Crippen LogP contribution is 2.40. The predicted octanol–water partition coefficient (Wildman–Crippen LogP) is 10.2. The second kappa shape index (κ2) is 36.5. The van der Waals surface area contributed by atoms with Crippen LogP contribution in [0.4, 0.5) is 52.1 Å². The minimum Gasteiger partial charge on any atom is -0.457 e. The van der Waals surface area contributed by atoms with Gasteiger partial charge in [0.25, 0.3) is 30.7 Å². The molecule has 466 valence electrons. The van der Waals surface area contributed by atoms with E-state index < -0.39 is 84.3 Å². The van der Waals surface area contributed by atoms with Crippen molar-refractivity contribution in [1.82, 2.24) is 20.4 Å². The topological polar surface area (TPSA) is 269 Å². The lowest BCUT2D eigenvalue weighted by molar-refractivity contribution is -0.139. The number of rotatable bonds is 11. The Kier molecular flexibility index (Phi) is 30.8. The van der Waals surface area contributed by atoms with E-state index in [0.717, 1.165) is 43.1 Å². The molecule has 29 heteroatoms. The average molecular weight is 1270 g/mol. The maximum Gasteiger partial charge on any atom is 0.412 e. The number of carbonyl (C=O) groups is 8. The van der Waals surface area contributed by atoms with Gasteiger partial charge in [-0.05, 0) is 87.2 Å². The van der Waals surface area contributed by atoms with Crippen LogP contribution in [0.5, 0.6) is 0 Å². The number of nitrogens with one attached hydrogen (secondary N) is 2. The number of hydrogen-bond donors (Lipinski definition) is 4. The number of hydrogen-bond acceptors (Lipinski definition) is 16. The van der Waals surface area contributed by atoms with Crippen molar-refractivity contribution in [3.8, 4) is 0 Å². The molecule has 4 atom stereocenters. The number of anilines is 2. The number of benzene rings is 4. The number of alkyl halides is 4. The van der Waals surface area contributed by atoms with Gasteiger partial charge in [0.1, 0.15) is 23.7 Å². The summed E-state index contributed by atoms with van der Waals surface area (Å²) in [5.74, 6) is -7.64. The van der Waals surface area contributed by atoms with Crippen LogP contribution in [-0.4, -0.2) is 142 Å². The van der Waals surface area contributed by atoms with Gasteiger partial charge in [0.2, 0.25) is 5.91 Å². The zero-order valence-corrected chi connectivity index (χ0v) is 48.6. The Bertz CT molecular complexity index is 2780. The third-order valence-electron chi connectivity index (χ3n) is 12.6. The van der Waals surface area contributed by atoms with Gasteiger partial charge in [-0.3, -0.25) is 44.0 Å². The number of halogens is 9. The van der Waals surface area contributed by atoms with Gasteiger partial charge in [0.15, 0.2) is 18.7 Å². The maximum atomic E-state index is 14.3. The summed E-state index contributed by atoms with van der Waals surface area (Å²) in [6.45, 7) is 2.67. The highest BCUT2D eigenvalue weighted by Gasteiger charge is 2.48. The number of methoxy groups -OCH3 is 3. The average Bonchev–Trinajstić information content (AvgIpc) is 3.23. The number of nitrogens with zero attached hydrogens (tertiary/aromatic N) is 3. The largest absolute Gasteiger partial charge is 0.457 e. The lowest BCUT2D eigenvalue weighted by atomic mass is 9.87. The molecule has 2 saturated carbocycles. The molecule has 0 bridgehead atoms. The first-order valence-corrected chi connectivity index (χ1v) is 27.2. The van der Waals surface area contributed by atoms with Crippen molar-refractivity contribution in [2.24, 2.45) is 5.73 Å². The molecule has 0 radical (unpaired) electrons. The van der Waals surface area contributed by atoms with Crippen molar-refractivity contribution in [3.05, 3.63) is 130 Å². The maximum absolute atomic E-state index is 14.3. The van der Waals surface area contributed by atoms with E-state index >= 15 is 0 Å². The van der Waals surface area contributed by atoms with Gasteiger partial charge in [-0.2, -0.15) is 0 Å². The number of nitrogens with two attached hydrogens (primary N) is 2. The van der Waals surface area contributed by atoms with Gasteiger partial charge in [-0.25, -0.2) is 40.7 Å². The molecule has 0 aromatic heterocycles. The van der Waals surface area contributed by atoms with Gasteiger partial charge in [0, 0.05) is 96.4 Å². The number of aldehydes is 1. The number of amides is 4. The fourth-order valence-electron chi connectivity index (χ4n) is 8.58. The first-order chi connectivity index (χ1) is 40.3. The Balaban J connectivity index is 0.000000310. The first-order valence-electron chi connectivity index (χ1n) is 26.0. The Labute approximate surface area is 501 Å². The fourth-order valence-corrected chi connectivity index (χ4v) is 8.99. The van der Waals surface area contributed by atoms with Crippen LogP contribution in [0.1, 0.15) is 86.2 Å². The highest BCUT2D eigenvalue weighted by atomic mass is 35.5.